The topological polar surface area (TPSA) is 55.4 Å². The fourth-order valence-corrected chi connectivity index (χ4v) is 2.42. The zero-order valence-corrected chi connectivity index (χ0v) is 14.0. The molecule has 1 N–H and O–H groups in total. The Kier molecular flexibility index (Phi) is 5.12. The maximum Gasteiger partial charge on any atom is 0.325 e. The molecule has 1 amide bonds. The van der Waals surface area contributed by atoms with E-state index in [0.717, 1.165) is 24.0 Å². The van der Waals surface area contributed by atoms with E-state index < -0.39 is 17.7 Å². The lowest BCUT2D eigenvalue weighted by molar-refractivity contribution is -0.142. The van der Waals surface area contributed by atoms with Crippen LogP contribution in [0.2, 0.25) is 0 Å². The molecule has 5 heteroatoms. The van der Waals surface area contributed by atoms with E-state index in [0.29, 0.717) is 18.1 Å². The molecule has 4 nitrogen and oxygen atoms in total. The summed E-state index contributed by atoms with van der Waals surface area (Å²) in [6.45, 7) is 2.12. The lowest BCUT2D eigenvalue weighted by Gasteiger charge is -2.08. The molecule has 0 aliphatic heterocycles. The Labute approximate surface area is 146 Å². The molecule has 1 saturated carbocycles. The van der Waals surface area contributed by atoms with Crippen molar-refractivity contribution in [2.24, 2.45) is 5.92 Å². The van der Waals surface area contributed by atoms with Crippen molar-refractivity contribution in [3.8, 4) is 11.1 Å². The number of carbonyl (C=O) groups excluding carboxylic acids is 2. The van der Waals surface area contributed by atoms with Crippen LogP contribution < -0.4 is 5.32 Å². The van der Waals surface area contributed by atoms with Crippen molar-refractivity contribution in [2.75, 3.05) is 13.2 Å². The quantitative estimate of drug-likeness (QED) is 0.819. The van der Waals surface area contributed by atoms with Gasteiger partial charge in [0.15, 0.2) is 0 Å². The molecule has 0 bridgehead atoms. The number of hydrogen-bond donors (Lipinski definition) is 1. The van der Waals surface area contributed by atoms with Gasteiger partial charge < -0.3 is 10.1 Å². The minimum absolute atomic E-state index is 0.0918. The Morgan fingerprint density at radius 3 is 2.44 bits per heavy atom. The molecule has 0 unspecified atom stereocenters. The normalized spacial score (nSPS) is 13.4. The van der Waals surface area contributed by atoms with Crippen molar-refractivity contribution in [3.05, 3.63) is 59.4 Å². The fraction of sp³-hybridized carbons (Fsp3) is 0.300. The van der Waals surface area contributed by atoms with E-state index in [4.69, 9.17) is 4.74 Å². The van der Waals surface area contributed by atoms with Crippen molar-refractivity contribution in [2.45, 2.75) is 19.8 Å². The summed E-state index contributed by atoms with van der Waals surface area (Å²) < 4.78 is 19.3. The van der Waals surface area contributed by atoms with E-state index in [1.165, 1.54) is 12.1 Å². The highest BCUT2D eigenvalue weighted by molar-refractivity contribution is 5.96. The minimum atomic E-state index is -0.628. The molecule has 25 heavy (non-hydrogen) atoms. The standard InChI is InChI=1S/C20H20FNO3/c1-13-2-6-15(7-3-13)16-8-9-17(18(21)10-16)20(24)22-11-19(23)25-12-14-4-5-14/h2-3,6-10,14H,4-5,11-12H2,1H3,(H,22,24). The molecule has 0 heterocycles. The number of hydrogen-bond acceptors (Lipinski definition) is 3. The number of rotatable bonds is 6. The Morgan fingerprint density at radius 1 is 1.12 bits per heavy atom. The number of ether oxygens (including phenoxy) is 1. The van der Waals surface area contributed by atoms with Crippen molar-refractivity contribution in [1.82, 2.24) is 5.32 Å². The van der Waals surface area contributed by atoms with Crippen LogP contribution in [0.5, 0.6) is 0 Å². The monoisotopic (exact) mass is 341 g/mol. The number of benzene rings is 2. The first-order valence-electron chi connectivity index (χ1n) is 8.33. The van der Waals surface area contributed by atoms with E-state index in [1.54, 1.807) is 6.07 Å². The van der Waals surface area contributed by atoms with Gasteiger partial charge in [0.2, 0.25) is 0 Å². The van der Waals surface area contributed by atoms with Gasteiger partial charge in [-0.15, -0.1) is 0 Å². The van der Waals surface area contributed by atoms with Crippen molar-refractivity contribution in [3.63, 3.8) is 0 Å². The predicted octanol–water partition coefficient (Wildman–Crippen LogP) is 3.48. The third-order valence-electron chi connectivity index (χ3n) is 4.17. The highest BCUT2D eigenvalue weighted by atomic mass is 19.1. The third kappa shape index (κ3) is 4.66. The van der Waals surface area contributed by atoms with Gasteiger partial charge in [-0.2, -0.15) is 0 Å². The van der Waals surface area contributed by atoms with Gasteiger partial charge in [-0.25, -0.2) is 4.39 Å². The molecule has 3 rings (SSSR count). The molecular weight excluding hydrogens is 321 g/mol. The molecule has 2 aromatic rings. The van der Waals surface area contributed by atoms with Gasteiger partial charge in [0, 0.05) is 0 Å². The van der Waals surface area contributed by atoms with E-state index in [2.05, 4.69) is 5.32 Å². The van der Waals surface area contributed by atoms with E-state index in [1.807, 2.05) is 31.2 Å². The summed E-state index contributed by atoms with van der Waals surface area (Å²) in [5.74, 6) is -1.29. The lowest BCUT2D eigenvalue weighted by atomic mass is 10.0. The molecule has 1 aliphatic rings. The zero-order chi connectivity index (χ0) is 17.8. The first kappa shape index (κ1) is 17.1. The molecule has 0 aromatic heterocycles. The number of aryl methyl sites for hydroxylation is 1. The van der Waals surface area contributed by atoms with Crippen LogP contribution in [0.4, 0.5) is 4.39 Å². The largest absolute Gasteiger partial charge is 0.464 e. The summed E-state index contributed by atoms with van der Waals surface area (Å²) in [5.41, 5.74) is 2.60. The average Bonchev–Trinajstić information content (AvgIpc) is 3.43. The Hall–Kier alpha value is -2.69. The lowest BCUT2D eigenvalue weighted by Crippen LogP contribution is -2.31. The number of nitrogens with one attached hydrogen (secondary N) is 1. The molecule has 1 fully saturated rings. The van der Waals surface area contributed by atoms with Crippen LogP contribution in [-0.2, 0) is 9.53 Å². The Bertz CT molecular complexity index is 782. The highest BCUT2D eigenvalue weighted by Crippen LogP contribution is 2.28. The first-order chi connectivity index (χ1) is 12.0. The van der Waals surface area contributed by atoms with Crippen LogP contribution in [0.15, 0.2) is 42.5 Å². The van der Waals surface area contributed by atoms with Crippen LogP contribution in [0, 0.1) is 18.7 Å². The van der Waals surface area contributed by atoms with Gasteiger partial charge in [-0.1, -0.05) is 35.9 Å². The predicted molar refractivity (Wildman–Crippen MR) is 92.6 cm³/mol. The van der Waals surface area contributed by atoms with Gasteiger partial charge >= 0.3 is 5.97 Å². The molecule has 0 radical (unpaired) electrons. The van der Waals surface area contributed by atoms with Crippen molar-refractivity contribution < 1.29 is 18.7 Å². The second-order valence-corrected chi connectivity index (χ2v) is 6.37. The minimum Gasteiger partial charge on any atom is -0.464 e. The number of carbonyl (C=O) groups is 2. The number of amides is 1. The Balaban J connectivity index is 1.60. The van der Waals surface area contributed by atoms with Crippen LogP contribution >= 0.6 is 0 Å². The first-order valence-corrected chi connectivity index (χ1v) is 8.33. The van der Waals surface area contributed by atoms with Crippen LogP contribution in [-0.4, -0.2) is 25.0 Å². The van der Waals surface area contributed by atoms with Crippen LogP contribution in [0.3, 0.4) is 0 Å². The van der Waals surface area contributed by atoms with Crippen molar-refractivity contribution >= 4 is 11.9 Å². The van der Waals surface area contributed by atoms with E-state index in [9.17, 15) is 14.0 Å². The average molecular weight is 341 g/mol. The van der Waals surface area contributed by atoms with Gasteiger partial charge in [-0.3, -0.25) is 9.59 Å². The van der Waals surface area contributed by atoms with E-state index >= 15 is 0 Å². The molecule has 0 saturated heterocycles. The van der Waals surface area contributed by atoms with Crippen LogP contribution in [0.25, 0.3) is 11.1 Å². The summed E-state index contributed by atoms with van der Waals surface area (Å²) >= 11 is 0. The van der Waals surface area contributed by atoms with Crippen LogP contribution in [0.1, 0.15) is 28.8 Å². The molecule has 130 valence electrons. The van der Waals surface area contributed by atoms with E-state index in [-0.39, 0.29) is 12.1 Å². The van der Waals surface area contributed by atoms with Gasteiger partial charge in [-0.05, 0) is 48.9 Å². The summed E-state index contributed by atoms with van der Waals surface area (Å²) in [4.78, 5) is 23.6. The summed E-state index contributed by atoms with van der Waals surface area (Å²) in [7, 11) is 0. The summed E-state index contributed by atoms with van der Waals surface area (Å²) in [6, 6.07) is 12.1. The molecule has 1 aliphatic carbocycles. The fourth-order valence-electron chi connectivity index (χ4n) is 2.42. The van der Waals surface area contributed by atoms with Gasteiger partial charge in [0.1, 0.15) is 12.4 Å². The maximum absolute atomic E-state index is 14.3. The van der Waals surface area contributed by atoms with Gasteiger partial charge in [0.05, 0.1) is 12.2 Å². The number of halogens is 1. The number of esters is 1. The summed E-state index contributed by atoms with van der Waals surface area (Å²) in [5, 5.41) is 2.40. The molecular formula is C20H20FNO3. The van der Waals surface area contributed by atoms with Gasteiger partial charge in [0.25, 0.3) is 5.91 Å². The van der Waals surface area contributed by atoms with Crippen molar-refractivity contribution in [1.29, 1.82) is 0 Å². The Morgan fingerprint density at radius 2 is 1.80 bits per heavy atom. The zero-order valence-electron chi connectivity index (χ0n) is 14.0. The third-order valence-corrected chi connectivity index (χ3v) is 4.17. The molecule has 0 atom stereocenters. The smallest absolute Gasteiger partial charge is 0.325 e. The SMILES string of the molecule is Cc1ccc(-c2ccc(C(=O)NCC(=O)OCC3CC3)c(F)c2)cc1. The highest BCUT2D eigenvalue weighted by Gasteiger charge is 2.23. The summed E-state index contributed by atoms with van der Waals surface area (Å²) in [6.07, 6.45) is 2.16. The molecule has 2 aromatic carbocycles. The second-order valence-electron chi connectivity index (χ2n) is 6.37. The molecule has 0 spiro atoms. The second kappa shape index (κ2) is 7.47. The maximum atomic E-state index is 14.3.